The van der Waals surface area contributed by atoms with E-state index in [4.69, 9.17) is 14.9 Å². The summed E-state index contributed by atoms with van der Waals surface area (Å²) in [5.74, 6) is -2.59. The first kappa shape index (κ1) is 20.9. The number of carbonyl (C=O) groups excluding carboxylic acids is 1. The summed E-state index contributed by atoms with van der Waals surface area (Å²) < 4.78 is 4.79. The van der Waals surface area contributed by atoms with Crippen molar-refractivity contribution in [3.05, 3.63) is 36.5 Å². The van der Waals surface area contributed by atoms with Crippen molar-refractivity contribution in [2.45, 2.75) is 33.1 Å². The zero-order valence-electron chi connectivity index (χ0n) is 12.4. The van der Waals surface area contributed by atoms with Gasteiger partial charge in [-0.15, -0.1) is 0 Å². The van der Waals surface area contributed by atoms with Gasteiger partial charge in [0.25, 0.3) is 0 Å². The molecule has 0 atom stereocenters. The van der Waals surface area contributed by atoms with E-state index in [1.54, 1.807) is 6.92 Å². The molecule has 6 nitrogen and oxygen atoms in total. The number of hydrogen-bond acceptors (Lipinski definition) is 4. The predicted molar refractivity (Wildman–Crippen MR) is 78.8 cm³/mol. The Balaban J connectivity index is 0. The van der Waals surface area contributed by atoms with Crippen LogP contribution in [0.5, 0.6) is 0 Å². The Bertz CT molecular complexity index is 420. The smallest absolute Gasteiger partial charge is 0.337 e. The van der Waals surface area contributed by atoms with E-state index in [1.807, 2.05) is 6.92 Å². The molecule has 6 heteroatoms. The summed E-state index contributed by atoms with van der Waals surface area (Å²) in [6.07, 6.45) is 4.22. The largest absolute Gasteiger partial charge is 0.478 e. The molecule has 0 radical (unpaired) electrons. The third-order valence-corrected chi connectivity index (χ3v) is 2.15. The molecule has 0 heterocycles. The molecule has 0 aromatic rings. The number of carboxylic acids is 2. The normalized spacial score (nSPS) is 9.43. The van der Waals surface area contributed by atoms with Gasteiger partial charge in [-0.3, -0.25) is 0 Å². The van der Waals surface area contributed by atoms with Crippen LogP contribution in [0.4, 0.5) is 0 Å². The molecule has 0 amide bonds. The summed E-state index contributed by atoms with van der Waals surface area (Å²) in [6, 6.07) is 0. The third kappa shape index (κ3) is 13.9. The zero-order valence-corrected chi connectivity index (χ0v) is 12.4. The van der Waals surface area contributed by atoms with Crippen molar-refractivity contribution in [1.82, 2.24) is 0 Å². The second-order valence-corrected chi connectivity index (χ2v) is 3.95. The molecule has 0 unspecified atom stereocenters. The number of hydrogen-bond donors (Lipinski definition) is 2. The monoisotopic (exact) mass is 298 g/mol. The molecule has 0 aliphatic carbocycles. The first-order chi connectivity index (χ1) is 9.76. The maximum absolute atomic E-state index is 11.1. The Morgan fingerprint density at radius 3 is 2.00 bits per heavy atom. The topological polar surface area (TPSA) is 101 Å². The summed E-state index contributed by atoms with van der Waals surface area (Å²) in [6.45, 7) is 10.7. The van der Waals surface area contributed by atoms with Crippen molar-refractivity contribution in [1.29, 1.82) is 0 Å². The minimum atomic E-state index is -1.12. The van der Waals surface area contributed by atoms with Crippen LogP contribution in [0.25, 0.3) is 0 Å². The fourth-order valence-corrected chi connectivity index (χ4v) is 0.793. The molecule has 0 spiro atoms. The summed E-state index contributed by atoms with van der Waals surface area (Å²) >= 11 is 0. The number of rotatable bonds is 8. The van der Waals surface area contributed by atoms with Crippen molar-refractivity contribution in [3.63, 3.8) is 0 Å². The lowest BCUT2D eigenvalue weighted by atomic mass is 10.2. The number of carboxylic acid groups (broad SMARTS) is 2. The molecule has 0 aliphatic heterocycles. The molecule has 0 bridgehead atoms. The molecule has 0 rings (SSSR count). The fraction of sp³-hybridized carbons (Fsp3) is 0.400. The highest BCUT2D eigenvalue weighted by molar-refractivity contribution is 5.93. The fourth-order valence-electron chi connectivity index (χ4n) is 0.793. The first-order valence-corrected chi connectivity index (χ1v) is 6.44. The molecule has 118 valence electrons. The Hall–Kier alpha value is -2.37. The van der Waals surface area contributed by atoms with Crippen LogP contribution in [-0.2, 0) is 19.1 Å². The van der Waals surface area contributed by atoms with E-state index in [2.05, 4.69) is 13.2 Å². The van der Waals surface area contributed by atoms with Crippen molar-refractivity contribution >= 4 is 17.9 Å². The van der Waals surface area contributed by atoms with E-state index in [1.165, 1.54) is 0 Å². The molecular weight excluding hydrogens is 276 g/mol. The highest BCUT2D eigenvalue weighted by atomic mass is 16.5. The van der Waals surface area contributed by atoms with Gasteiger partial charge in [-0.2, -0.15) is 0 Å². The van der Waals surface area contributed by atoms with Crippen LogP contribution in [0.15, 0.2) is 36.5 Å². The van der Waals surface area contributed by atoms with Crippen LogP contribution >= 0.6 is 0 Å². The summed E-state index contributed by atoms with van der Waals surface area (Å²) in [5, 5.41) is 16.4. The number of carbonyl (C=O) groups is 3. The van der Waals surface area contributed by atoms with Gasteiger partial charge >= 0.3 is 17.9 Å². The third-order valence-electron chi connectivity index (χ3n) is 2.15. The molecular formula is C15H22O6. The van der Waals surface area contributed by atoms with Crippen LogP contribution in [-0.4, -0.2) is 34.7 Å². The quantitative estimate of drug-likeness (QED) is 0.309. The highest BCUT2D eigenvalue weighted by Crippen LogP contribution is 1.98. The van der Waals surface area contributed by atoms with Crippen molar-refractivity contribution < 1.29 is 29.3 Å². The van der Waals surface area contributed by atoms with E-state index in [9.17, 15) is 14.4 Å². The Morgan fingerprint density at radius 1 is 1.10 bits per heavy atom. The number of unbranched alkanes of at least 4 members (excludes halogenated alkanes) is 1. The van der Waals surface area contributed by atoms with E-state index in [0.29, 0.717) is 13.0 Å². The second kappa shape index (κ2) is 12.7. The summed E-state index contributed by atoms with van der Waals surface area (Å²) in [5.41, 5.74) is 0.309. The molecule has 2 N–H and O–H groups in total. The maximum atomic E-state index is 11.1. The minimum absolute atomic E-state index is 0.0449. The van der Waals surface area contributed by atoms with Gasteiger partial charge in [-0.05, 0) is 18.9 Å². The minimum Gasteiger partial charge on any atom is -0.478 e. The molecule has 0 aromatic heterocycles. The lowest BCUT2D eigenvalue weighted by Gasteiger charge is -2.02. The molecule has 0 aromatic carbocycles. The van der Waals surface area contributed by atoms with Crippen molar-refractivity contribution in [2.24, 2.45) is 0 Å². The lowest BCUT2D eigenvalue weighted by molar-refractivity contribution is -0.138. The lowest BCUT2D eigenvalue weighted by Crippen LogP contribution is -2.07. The number of aliphatic carboxylic acids is 2. The summed E-state index contributed by atoms with van der Waals surface area (Å²) in [4.78, 5) is 31.0. The first-order valence-electron chi connectivity index (χ1n) is 6.44. The average Bonchev–Trinajstić information content (AvgIpc) is 2.44. The number of ether oxygens (including phenoxy) is 1. The van der Waals surface area contributed by atoms with E-state index in [-0.39, 0.29) is 11.1 Å². The van der Waals surface area contributed by atoms with Crippen molar-refractivity contribution in [3.8, 4) is 0 Å². The van der Waals surface area contributed by atoms with Crippen molar-refractivity contribution in [2.75, 3.05) is 6.61 Å². The molecule has 0 fully saturated rings. The maximum Gasteiger partial charge on any atom is 0.337 e. The SMILES string of the molecule is C=C(C=CC(=O)O)C(=O)OCCCC.C=C(CC)C(=O)O. The Kier molecular flexibility index (Phi) is 12.6. The van der Waals surface area contributed by atoms with Gasteiger partial charge in [0.15, 0.2) is 0 Å². The van der Waals surface area contributed by atoms with Crippen LogP contribution in [0.2, 0.25) is 0 Å². The van der Waals surface area contributed by atoms with Crippen LogP contribution in [0.3, 0.4) is 0 Å². The Morgan fingerprint density at radius 2 is 1.67 bits per heavy atom. The van der Waals surface area contributed by atoms with Gasteiger partial charge in [0, 0.05) is 11.6 Å². The van der Waals surface area contributed by atoms with E-state index >= 15 is 0 Å². The number of esters is 1. The van der Waals surface area contributed by atoms with Gasteiger partial charge in [0.05, 0.1) is 12.2 Å². The standard InChI is InChI=1S/C10H14O4.C5H8O2/c1-3-4-7-14-10(13)8(2)5-6-9(11)12;1-3-4(2)5(6)7/h5-6H,2-4,7H2,1H3,(H,11,12);2-3H2,1H3,(H,6,7). The average molecular weight is 298 g/mol. The van der Waals surface area contributed by atoms with Crippen LogP contribution < -0.4 is 0 Å². The second-order valence-electron chi connectivity index (χ2n) is 3.95. The van der Waals surface area contributed by atoms with Gasteiger partial charge < -0.3 is 14.9 Å². The van der Waals surface area contributed by atoms with Gasteiger partial charge in [-0.25, -0.2) is 14.4 Å². The van der Waals surface area contributed by atoms with Gasteiger partial charge in [-0.1, -0.05) is 33.4 Å². The highest BCUT2D eigenvalue weighted by Gasteiger charge is 2.04. The van der Waals surface area contributed by atoms with Crippen LogP contribution in [0.1, 0.15) is 33.1 Å². The molecule has 21 heavy (non-hydrogen) atoms. The predicted octanol–water partition coefficient (Wildman–Crippen LogP) is 2.56. The summed E-state index contributed by atoms with van der Waals surface area (Å²) in [7, 11) is 0. The van der Waals surface area contributed by atoms with Gasteiger partial charge in [0.1, 0.15) is 0 Å². The molecule has 0 saturated carbocycles. The van der Waals surface area contributed by atoms with Gasteiger partial charge in [0.2, 0.25) is 0 Å². The Labute approximate surface area is 124 Å². The zero-order chi connectivity index (χ0) is 16.8. The molecule has 0 saturated heterocycles. The van der Waals surface area contributed by atoms with Crippen LogP contribution in [0, 0.1) is 0 Å². The van der Waals surface area contributed by atoms with E-state index in [0.717, 1.165) is 25.0 Å². The molecule has 0 aliphatic rings. The van der Waals surface area contributed by atoms with E-state index < -0.39 is 17.9 Å².